The molecule has 2 heterocycles. The van der Waals surface area contributed by atoms with Crippen LogP contribution in [-0.2, 0) is 16.0 Å². The number of carbonyl (C=O) groups excluding carboxylic acids is 1. The fraction of sp³-hybridized carbons (Fsp3) is 0.353. The number of carbonyl (C=O) groups is 1. The van der Waals surface area contributed by atoms with Crippen LogP contribution in [0, 0.1) is 0 Å². The lowest BCUT2D eigenvalue weighted by molar-refractivity contribution is -0.115. The van der Waals surface area contributed by atoms with Crippen LogP contribution in [0.25, 0.3) is 0 Å². The van der Waals surface area contributed by atoms with E-state index >= 15 is 0 Å². The van der Waals surface area contributed by atoms with E-state index in [0.29, 0.717) is 24.3 Å². The minimum atomic E-state index is -0.690. The van der Waals surface area contributed by atoms with E-state index in [1.807, 2.05) is 23.1 Å². The first kappa shape index (κ1) is 13.4. The van der Waals surface area contributed by atoms with Gasteiger partial charge in [0.1, 0.15) is 11.9 Å². The Morgan fingerprint density at radius 2 is 2.14 bits per heavy atom. The summed E-state index contributed by atoms with van der Waals surface area (Å²) < 4.78 is 5.20. The number of amides is 1. The number of nitrogens with zero attached hydrogens (tertiary/aromatic N) is 1. The third-order valence-corrected chi connectivity index (χ3v) is 4.65. The Kier molecular flexibility index (Phi) is 2.97. The van der Waals surface area contributed by atoms with Crippen LogP contribution in [0.2, 0.25) is 0 Å². The number of ether oxygens (including phenoxy) is 1. The van der Waals surface area contributed by atoms with Crippen molar-refractivity contribution in [3.8, 4) is 0 Å². The van der Waals surface area contributed by atoms with Crippen molar-refractivity contribution in [3.63, 3.8) is 0 Å². The van der Waals surface area contributed by atoms with Crippen molar-refractivity contribution >= 4 is 11.6 Å². The van der Waals surface area contributed by atoms with Gasteiger partial charge in [0.2, 0.25) is 0 Å². The van der Waals surface area contributed by atoms with E-state index in [9.17, 15) is 9.90 Å². The number of benzene rings is 1. The minimum Gasteiger partial charge on any atom is -0.498 e. The van der Waals surface area contributed by atoms with Crippen LogP contribution in [0.15, 0.2) is 47.4 Å². The van der Waals surface area contributed by atoms with Gasteiger partial charge in [-0.3, -0.25) is 4.79 Å². The topological polar surface area (TPSA) is 61.8 Å². The van der Waals surface area contributed by atoms with Crippen molar-refractivity contribution in [1.29, 1.82) is 0 Å². The Balaban J connectivity index is 1.78. The minimum absolute atomic E-state index is 0.0172. The van der Waals surface area contributed by atoms with E-state index in [1.54, 1.807) is 6.08 Å². The standard InChI is InChI=1S/C17H18N2O3/c1-22-16-7-12-13(8-15(16)20)18-9-11-6-10-4-2-3-5-14(10)19(11)17(12)21/h2-5,7,11,15,18,20H,6,8-9H2,1H3/t11-,15?/m0/s1. The maximum Gasteiger partial charge on any atom is 0.260 e. The summed E-state index contributed by atoms with van der Waals surface area (Å²) in [5.74, 6) is 0.427. The zero-order valence-electron chi connectivity index (χ0n) is 12.4. The molecule has 0 spiro atoms. The van der Waals surface area contributed by atoms with E-state index < -0.39 is 6.10 Å². The molecule has 0 aromatic heterocycles. The SMILES string of the molecule is COC1=CC2=C(CC1O)NC[C@@H]1Cc3ccccc3N1C2=O. The smallest absolute Gasteiger partial charge is 0.260 e. The van der Waals surface area contributed by atoms with Crippen molar-refractivity contribution in [2.75, 3.05) is 18.6 Å². The summed E-state index contributed by atoms with van der Waals surface area (Å²) in [5, 5.41) is 13.4. The zero-order chi connectivity index (χ0) is 15.3. The monoisotopic (exact) mass is 298 g/mol. The average Bonchev–Trinajstić information content (AvgIpc) is 2.84. The number of para-hydroxylation sites is 1. The van der Waals surface area contributed by atoms with E-state index in [4.69, 9.17) is 4.74 Å². The Bertz CT molecular complexity index is 708. The fourth-order valence-corrected chi connectivity index (χ4v) is 3.55. The van der Waals surface area contributed by atoms with E-state index in [0.717, 1.165) is 17.8 Å². The van der Waals surface area contributed by atoms with Crippen molar-refractivity contribution in [2.45, 2.75) is 25.0 Å². The van der Waals surface area contributed by atoms with Gasteiger partial charge < -0.3 is 20.1 Å². The maximum absolute atomic E-state index is 13.0. The highest BCUT2D eigenvalue weighted by atomic mass is 16.5. The summed E-state index contributed by atoms with van der Waals surface area (Å²) >= 11 is 0. The lowest BCUT2D eigenvalue weighted by Crippen LogP contribution is -2.40. The molecule has 0 saturated carbocycles. The molecule has 4 rings (SSSR count). The van der Waals surface area contributed by atoms with Crippen LogP contribution < -0.4 is 10.2 Å². The first-order valence-electron chi connectivity index (χ1n) is 7.51. The molecule has 5 heteroatoms. The number of hydrogen-bond acceptors (Lipinski definition) is 4. The van der Waals surface area contributed by atoms with E-state index in [-0.39, 0.29) is 11.9 Å². The molecule has 1 amide bonds. The molecule has 0 saturated heterocycles. The third kappa shape index (κ3) is 1.85. The second-order valence-electron chi connectivity index (χ2n) is 5.91. The van der Waals surface area contributed by atoms with Gasteiger partial charge >= 0.3 is 0 Å². The quantitative estimate of drug-likeness (QED) is 0.815. The van der Waals surface area contributed by atoms with Crippen LogP contribution >= 0.6 is 0 Å². The highest BCUT2D eigenvalue weighted by Crippen LogP contribution is 2.36. The molecule has 114 valence electrons. The molecule has 5 nitrogen and oxygen atoms in total. The van der Waals surface area contributed by atoms with Crippen LogP contribution in [0.3, 0.4) is 0 Å². The summed E-state index contributed by atoms with van der Waals surface area (Å²) in [7, 11) is 1.52. The molecule has 0 bridgehead atoms. The first-order valence-corrected chi connectivity index (χ1v) is 7.51. The Morgan fingerprint density at radius 1 is 1.32 bits per heavy atom. The lowest BCUT2D eigenvalue weighted by atomic mass is 9.98. The molecule has 1 aliphatic carbocycles. The molecule has 1 unspecified atom stereocenters. The van der Waals surface area contributed by atoms with Gasteiger partial charge in [-0.1, -0.05) is 18.2 Å². The largest absolute Gasteiger partial charge is 0.498 e. The van der Waals surface area contributed by atoms with Crippen molar-refractivity contribution in [3.05, 3.63) is 52.9 Å². The van der Waals surface area contributed by atoms with Gasteiger partial charge in [-0.25, -0.2) is 0 Å². The molecule has 22 heavy (non-hydrogen) atoms. The van der Waals surface area contributed by atoms with Crippen LogP contribution in [0.5, 0.6) is 0 Å². The summed E-state index contributed by atoms with van der Waals surface area (Å²) in [6.07, 6.45) is 2.23. The zero-order valence-corrected chi connectivity index (χ0v) is 12.4. The number of fused-ring (bicyclic) bond motifs is 3. The number of nitrogens with one attached hydrogen (secondary N) is 1. The number of anilines is 1. The van der Waals surface area contributed by atoms with Crippen LogP contribution in [0.1, 0.15) is 12.0 Å². The summed E-state index contributed by atoms with van der Waals surface area (Å²) in [5.41, 5.74) is 3.61. The number of aliphatic hydroxyl groups excluding tert-OH is 1. The number of hydrogen-bond donors (Lipinski definition) is 2. The van der Waals surface area contributed by atoms with Gasteiger partial charge in [0, 0.05) is 24.4 Å². The van der Waals surface area contributed by atoms with Gasteiger partial charge in [-0.2, -0.15) is 0 Å². The van der Waals surface area contributed by atoms with Gasteiger partial charge in [0.25, 0.3) is 5.91 Å². The van der Waals surface area contributed by atoms with Gasteiger partial charge in [0.15, 0.2) is 0 Å². The molecule has 2 aliphatic heterocycles. The molecule has 2 atom stereocenters. The van der Waals surface area contributed by atoms with Gasteiger partial charge in [0.05, 0.1) is 18.7 Å². The van der Waals surface area contributed by atoms with Crippen molar-refractivity contribution in [1.82, 2.24) is 5.32 Å². The average molecular weight is 298 g/mol. The number of rotatable bonds is 1. The Labute approximate surface area is 128 Å². The van der Waals surface area contributed by atoms with Crippen LogP contribution in [0.4, 0.5) is 5.69 Å². The first-order chi connectivity index (χ1) is 10.7. The summed E-state index contributed by atoms with van der Waals surface area (Å²) in [4.78, 5) is 14.9. The maximum atomic E-state index is 13.0. The summed E-state index contributed by atoms with van der Waals surface area (Å²) in [6, 6.07) is 8.16. The van der Waals surface area contributed by atoms with Crippen molar-refractivity contribution in [2.24, 2.45) is 0 Å². The Hall–Kier alpha value is -2.27. The molecule has 1 aromatic carbocycles. The predicted molar refractivity (Wildman–Crippen MR) is 82.2 cm³/mol. The number of methoxy groups -OCH3 is 1. The summed E-state index contributed by atoms with van der Waals surface area (Å²) in [6.45, 7) is 0.697. The highest BCUT2D eigenvalue weighted by Gasteiger charge is 2.39. The molecular formula is C17H18N2O3. The lowest BCUT2D eigenvalue weighted by Gasteiger charge is -2.24. The van der Waals surface area contributed by atoms with E-state index in [2.05, 4.69) is 11.4 Å². The van der Waals surface area contributed by atoms with Gasteiger partial charge in [-0.15, -0.1) is 0 Å². The number of aliphatic hydroxyl groups is 1. The molecule has 1 aromatic rings. The highest BCUT2D eigenvalue weighted by molar-refractivity contribution is 6.10. The molecule has 2 N–H and O–H groups in total. The van der Waals surface area contributed by atoms with Gasteiger partial charge in [-0.05, 0) is 24.1 Å². The van der Waals surface area contributed by atoms with Crippen molar-refractivity contribution < 1.29 is 14.6 Å². The molecule has 0 fully saturated rings. The van der Waals surface area contributed by atoms with Crippen LogP contribution in [-0.4, -0.2) is 36.8 Å². The predicted octanol–water partition coefficient (Wildman–Crippen LogP) is 1.10. The molecular weight excluding hydrogens is 280 g/mol. The Morgan fingerprint density at radius 3 is 2.95 bits per heavy atom. The third-order valence-electron chi connectivity index (χ3n) is 4.65. The second kappa shape index (κ2) is 4.88. The normalized spacial score (nSPS) is 26.5. The van der Waals surface area contributed by atoms with E-state index in [1.165, 1.54) is 12.7 Å². The second-order valence-corrected chi connectivity index (χ2v) is 5.91. The molecule has 3 aliphatic rings. The molecule has 0 radical (unpaired) electrons. The fourth-order valence-electron chi connectivity index (χ4n) is 3.55.